The summed E-state index contributed by atoms with van der Waals surface area (Å²) < 4.78 is 11.7. The molecule has 4 rings (SSSR count). The van der Waals surface area contributed by atoms with Gasteiger partial charge in [-0.15, -0.1) is 0 Å². The highest BCUT2D eigenvalue weighted by Crippen LogP contribution is 2.45. The number of carbonyl (C=O) groups excluding carboxylic acids is 1. The van der Waals surface area contributed by atoms with Gasteiger partial charge in [0.25, 0.3) is 0 Å². The minimum Gasteiger partial charge on any atom is -0.497 e. The van der Waals surface area contributed by atoms with E-state index >= 15 is 0 Å². The lowest BCUT2D eigenvalue weighted by molar-refractivity contribution is -0.122. The molecule has 0 spiro atoms. The van der Waals surface area contributed by atoms with Crippen LogP contribution < -0.4 is 15.7 Å². The van der Waals surface area contributed by atoms with Gasteiger partial charge in [-0.3, -0.25) is 4.79 Å². The highest BCUT2D eigenvalue weighted by atomic mass is 79.9. The van der Waals surface area contributed by atoms with Crippen molar-refractivity contribution in [2.24, 2.45) is 0 Å². The Balaban J connectivity index is 1.49. The SMILES string of the molecule is COc1ccc2c(C)c(CCC(=O)NC3(c4ccc(Br)cc4)CC3)c(=O)oc2c1. The molecule has 1 fully saturated rings. The first kappa shape index (κ1) is 19.7. The second kappa shape index (κ2) is 7.67. The number of amides is 1. The van der Waals surface area contributed by atoms with Crippen LogP contribution in [0.4, 0.5) is 0 Å². The van der Waals surface area contributed by atoms with E-state index in [1.54, 1.807) is 13.2 Å². The molecular formula is C23H22BrNO4. The van der Waals surface area contributed by atoms with Crippen LogP contribution in [-0.4, -0.2) is 13.0 Å². The summed E-state index contributed by atoms with van der Waals surface area (Å²) >= 11 is 3.44. The average Bonchev–Trinajstić information content (AvgIpc) is 3.48. The van der Waals surface area contributed by atoms with E-state index in [2.05, 4.69) is 21.2 Å². The Kier molecular flexibility index (Phi) is 5.21. The van der Waals surface area contributed by atoms with Gasteiger partial charge in [0, 0.05) is 27.9 Å². The molecule has 1 amide bonds. The van der Waals surface area contributed by atoms with Crippen LogP contribution in [0.2, 0.25) is 0 Å². The monoisotopic (exact) mass is 455 g/mol. The number of benzene rings is 2. The summed E-state index contributed by atoms with van der Waals surface area (Å²) in [5.74, 6) is 0.578. The Morgan fingerprint density at radius 1 is 1.21 bits per heavy atom. The van der Waals surface area contributed by atoms with Crippen molar-refractivity contribution in [3.8, 4) is 5.75 Å². The Labute approximate surface area is 177 Å². The molecule has 5 nitrogen and oxygen atoms in total. The normalized spacial score (nSPS) is 14.6. The summed E-state index contributed by atoms with van der Waals surface area (Å²) in [7, 11) is 1.57. The fourth-order valence-corrected chi connectivity index (χ4v) is 4.00. The van der Waals surface area contributed by atoms with Crippen LogP contribution in [0.15, 0.2) is 56.1 Å². The van der Waals surface area contributed by atoms with E-state index in [0.717, 1.165) is 33.8 Å². The van der Waals surface area contributed by atoms with Crippen LogP contribution in [0.1, 0.15) is 36.0 Å². The molecule has 0 unspecified atom stereocenters. The fourth-order valence-electron chi connectivity index (χ4n) is 3.74. The van der Waals surface area contributed by atoms with Gasteiger partial charge < -0.3 is 14.5 Å². The Bertz CT molecular complexity index is 1130. The van der Waals surface area contributed by atoms with Gasteiger partial charge in [0.05, 0.1) is 12.6 Å². The third-order valence-electron chi connectivity index (χ3n) is 5.62. The minimum atomic E-state index is -0.398. The first-order valence-corrected chi connectivity index (χ1v) is 10.4. The summed E-state index contributed by atoms with van der Waals surface area (Å²) in [4.78, 5) is 25.1. The second-order valence-electron chi connectivity index (χ2n) is 7.49. The lowest BCUT2D eigenvalue weighted by Gasteiger charge is -2.18. The molecular weight excluding hydrogens is 434 g/mol. The Hall–Kier alpha value is -2.60. The first-order valence-electron chi connectivity index (χ1n) is 9.59. The predicted octanol–water partition coefficient (Wildman–Crippen LogP) is 4.61. The molecule has 1 heterocycles. The zero-order valence-corrected chi connectivity index (χ0v) is 18.0. The molecule has 0 saturated heterocycles. The van der Waals surface area contributed by atoms with Crippen molar-refractivity contribution in [1.82, 2.24) is 5.32 Å². The molecule has 6 heteroatoms. The van der Waals surface area contributed by atoms with Crippen molar-refractivity contribution in [2.45, 2.75) is 38.1 Å². The molecule has 1 saturated carbocycles. The van der Waals surface area contributed by atoms with E-state index < -0.39 is 5.63 Å². The summed E-state index contributed by atoms with van der Waals surface area (Å²) in [6.07, 6.45) is 2.45. The molecule has 0 atom stereocenters. The molecule has 150 valence electrons. The van der Waals surface area contributed by atoms with Crippen LogP contribution in [0.5, 0.6) is 5.75 Å². The largest absolute Gasteiger partial charge is 0.497 e. The van der Waals surface area contributed by atoms with Crippen LogP contribution in [-0.2, 0) is 16.8 Å². The molecule has 0 radical (unpaired) electrons. The number of hydrogen-bond acceptors (Lipinski definition) is 4. The number of ether oxygens (including phenoxy) is 1. The highest BCUT2D eigenvalue weighted by Gasteiger charge is 2.45. The van der Waals surface area contributed by atoms with Crippen molar-refractivity contribution in [2.75, 3.05) is 7.11 Å². The van der Waals surface area contributed by atoms with Crippen molar-refractivity contribution in [1.29, 1.82) is 0 Å². The van der Waals surface area contributed by atoms with Crippen molar-refractivity contribution < 1.29 is 13.9 Å². The van der Waals surface area contributed by atoms with Gasteiger partial charge >= 0.3 is 5.63 Å². The van der Waals surface area contributed by atoms with E-state index in [1.807, 2.05) is 43.3 Å². The minimum absolute atomic E-state index is 0.0564. The number of carbonyl (C=O) groups is 1. The number of hydrogen-bond donors (Lipinski definition) is 1. The quantitative estimate of drug-likeness (QED) is 0.550. The van der Waals surface area contributed by atoms with E-state index in [9.17, 15) is 9.59 Å². The van der Waals surface area contributed by atoms with Gasteiger partial charge in [-0.1, -0.05) is 28.1 Å². The molecule has 3 aromatic rings. The zero-order valence-electron chi connectivity index (χ0n) is 16.4. The summed E-state index contributed by atoms with van der Waals surface area (Å²) in [6, 6.07) is 13.5. The van der Waals surface area contributed by atoms with E-state index in [-0.39, 0.29) is 17.9 Å². The zero-order chi connectivity index (χ0) is 20.6. The van der Waals surface area contributed by atoms with E-state index in [0.29, 0.717) is 23.3 Å². The Morgan fingerprint density at radius 2 is 1.93 bits per heavy atom. The number of aryl methyl sites for hydroxylation is 1. The van der Waals surface area contributed by atoms with Crippen LogP contribution in [0.3, 0.4) is 0 Å². The predicted molar refractivity (Wildman–Crippen MR) is 115 cm³/mol. The van der Waals surface area contributed by atoms with Crippen LogP contribution in [0, 0.1) is 6.92 Å². The van der Waals surface area contributed by atoms with Crippen LogP contribution >= 0.6 is 15.9 Å². The third kappa shape index (κ3) is 3.94. The van der Waals surface area contributed by atoms with Crippen molar-refractivity contribution in [3.05, 3.63) is 74.0 Å². The molecule has 1 N–H and O–H groups in total. The lowest BCUT2D eigenvalue weighted by atomic mass is 10.0. The average molecular weight is 456 g/mol. The van der Waals surface area contributed by atoms with Gasteiger partial charge in [-0.2, -0.15) is 0 Å². The van der Waals surface area contributed by atoms with Gasteiger partial charge in [-0.05, 0) is 61.6 Å². The van der Waals surface area contributed by atoms with Crippen molar-refractivity contribution in [3.63, 3.8) is 0 Å². The molecule has 29 heavy (non-hydrogen) atoms. The number of methoxy groups -OCH3 is 1. The molecule has 0 bridgehead atoms. The van der Waals surface area contributed by atoms with E-state index in [4.69, 9.17) is 9.15 Å². The lowest BCUT2D eigenvalue weighted by Crippen LogP contribution is -2.35. The summed E-state index contributed by atoms with van der Waals surface area (Å²) in [5, 5.41) is 4.02. The van der Waals surface area contributed by atoms with Gasteiger partial charge in [0.1, 0.15) is 11.3 Å². The van der Waals surface area contributed by atoms with Crippen LogP contribution in [0.25, 0.3) is 11.0 Å². The maximum atomic E-state index is 12.6. The maximum absolute atomic E-state index is 12.6. The highest BCUT2D eigenvalue weighted by molar-refractivity contribution is 9.10. The number of nitrogens with one attached hydrogen (secondary N) is 1. The summed E-state index contributed by atoms with van der Waals surface area (Å²) in [5.41, 5.74) is 2.34. The number of fused-ring (bicyclic) bond motifs is 1. The smallest absolute Gasteiger partial charge is 0.339 e. The molecule has 0 aliphatic heterocycles. The topological polar surface area (TPSA) is 68.5 Å². The standard InChI is InChI=1S/C23H22BrNO4/c1-14-18-8-7-17(28-2)13-20(18)29-22(27)19(14)9-10-21(26)25-23(11-12-23)15-3-5-16(24)6-4-15/h3-8,13H,9-12H2,1-2H3,(H,25,26). The van der Waals surface area contributed by atoms with Gasteiger partial charge in [-0.25, -0.2) is 4.79 Å². The fraction of sp³-hybridized carbons (Fsp3) is 0.304. The second-order valence-corrected chi connectivity index (χ2v) is 8.41. The molecule has 1 aromatic heterocycles. The third-order valence-corrected chi connectivity index (χ3v) is 6.15. The number of rotatable bonds is 6. The maximum Gasteiger partial charge on any atom is 0.339 e. The van der Waals surface area contributed by atoms with Gasteiger partial charge in [0.2, 0.25) is 5.91 Å². The van der Waals surface area contributed by atoms with Crippen molar-refractivity contribution >= 4 is 32.8 Å². The van der Waals surface area contributed by atoms with E-state index in [1.165, 1.54) is 0 Å². The molecule has 1 aliphatic carbocycles. The molecule has 2 aromatic carbocycles. The number of halogens is 1. The van der Waals surface area contributed by atoms with Gasteiger partial charge in [0.15, 0.2) is 0 Å². The summed E-state index contributed by atoms with van der Waals surface area (Å²) in [6.45, 7) is 1.89. The molecule has 1 aliphatic rings. The first-order chi connectivity index (χ1) is 13.9. The Morgan fingerprint density at radius 3 is 2.59 bits per heavy atom.